The Hall–Kier alpha value is -0.260. The molecule has 7 heavy (non-hydrogen) atoms. The van der Waals surface area contributed by atoms with Crippen molar-refractivity contribution >= 4 is 0 Å². The topological polar surface area (TPSA) is 0 Å². The summed E-state index contributed by atoms with van der Waals surface area (Å²) in [5.41, 5.74) is 1.50. The van der Waals surface area contributed by atoms with Crippen LogP contribution in [0.2, 0.25) is 0 Å². The molecule has 0 saturated carbocycles. The number of rotatable bonds is 2. The van der Waals surface area contributed by atoms with Gasteiger partial charge in [-0.15, -0.1) is 0 Å². The molecule has 0 heterocycles. The van der Waals surface area contributed by atoms with Crippen LogP contribution in [-0.2, 0) is 0 Å². The molecule has 1 rings (SSSR count). The van der Waals surface area contributed by atoms with Crippen molar-refractivity contribution in [2.75, 3.05) is 0 Å². The molecule has 0 fully saturated rings. The highest BCUT2D eigenvalue weighted by Crippen LogP contribution is 2.20. The highest BCUT2D eigenvalue weighted by molar-refractivity contribution is 5.08. The van der Waals surface area contributed by atoms with E-state index >= 15 is 0 Å². The summed E-state index contributed by atoms with van der Waals surface area (Å²) in [6.45, 7) is 2.09. The average Bonchev–Trinajstić information content (AvgIpc) is 1.55. The molecule has 0 aliphatic heterocycles. The molecule has 0 aromatic rings. The molecular weight excluding hydrogens is 84.1 g/mol. The molecule has 0 amide bonds. The Bertz CT molecular complexity index is 80.0. The third-order valence-corrected chi connectivity index (χ3v) is 1.25. The maximum Gasteiger partial charge on any atom is -0.0239 e. The molecular formula is C7H10. The Morgan fingerprint density at radius 2 is 2.57 bits per heavy atom. The first kappa shape index (κ1) is 4.89. The molecule has 1 aliphatic carbocycles. The van der Waals surface area contributed by atoms with Gasteiger partial charge in [-0.1, -0.05) is 12.5 Å². The first-order valence-corrected chi connectivity index (χ1v) is 2.80. The Labute approximate surface area is 45.2 Å². The van der Waals surface area contributed by atoms with Gasteiger partial charge in [-0.25, -0.2) is 0 Å². The van der Waals surface area contributed by atoms with Gasteiger partial charge in [0.1, 0.15) is 0 Å². The predicted molar refractivity (Wildman–Crippen MR) is 30.6 cm³/mol. The van der Waals surface area contributed by atoms with E-state index < -0.39 is 0 Å². The Morgan fingerprint density at radius 1 is 1.86 bits per heavy atom. The summed E-state index contributed by atoms with van der Waals surface area (Å²) in [7, 11) is 0. The predicted octanol–water partition coefficient (Wildman–Crippen LogP) is 2.12. The van der Waals surface area contributed by atoms with E-state index in [4.69, 9.17) is 0 Å². The van der Waals surface area contributed by atoms with Crippen LogP contribution in [-0.4, -0.2) is 0 Å². The fourth-order valence-corrected chi connectivity index (χ4v) is 0.722. The Kier molecular flexibility index (Phi) is 1.50. The van der Waals surface area contributed by atoms with Crippen molar-refractivity contribution in [1.82, 2.24) is 0 Å². The molecule has 0 bridgehead atoms. The van der Waals surface area contributed by atoms with Crippen LogP contribution >= 0.6 is 0 Å². The van der Waals surface area contributed by atoms with E-state index in [1.54, 1.807) is 0 Å². The number of hydrogen-bond acceptors (Lipinski definition) is 0. The number of allylic oxidation sites excluding steroid dienone is 2. The SMILES string of the molecule is C[CH]CC1=[C]CC1. The van der Waals surface area contributed by atoms with Gasteiger partial charge in [-0.2, -0.15) is 0 Å². The standard InChI is InChI=1S/C7H10/c1-2-4-7-5-3-6-7/h2H,3-5H2,1H3. The zero-order chi connectivity index (χ0) is 5.11. The second kappa shape index (κ2) is 2.15. The first-order chi connectivity index (χ1) is 3.43. The molecule has 0 spiro atoms. The first-order valence-electron chi connectivity index (χ1n) is 2.80. The molecule has 38 valence electrons. The molecule has 0 unspecified atom stereocenters. The second-order valence-electron chi connectivity index (χ2n) is 1.89. The monoisotopic (exact) mass is 94.1 g/mol. The quantitative estimate of drug-likeness (QED) is 0.491. The van der Waals surface area contributed by atoms with Gasteiger partial charge >= 0.3 is 0 Å². The van der Waals surface area contributed by atoms with Gasteiger partial charge in [0.25, 0.3) is 0 Å². The molecule has 0 N–H and O–H groups in total. The maximum atomic E-state index is 3.23. The van der Waals surface area contributed by atoms with Crippen LogP contribution in [0.5, 0.6) is 0 Å². The smallest absolute Gasteiger partial charge is 0.0239 e. The zero-order valence-corrected chi connectivity index (χ0v) is 4.70. The second-order valence-corrected chi connectivity index (χ2v) is 1.89. The normalized spacial score (nSPS) is 18.1. The van der Waals surface area contributed by atoms with E-state index in [-0.39, 0.29) is 0 Å². The van der Waals surface area contributed by atoms with Crippen molar-refractivity contribution in [1.29, 1.82) is 0 Å². The van der Waals surface area contributed by atoms with Crippen molar-refractivity contribution in [3.05, 3.63) is 18.1 Å². The van der Waals surface area contributed by atoms with E-state index in [1.165, 1.54) is 24.8 Å². The van der Waals surface area contributed by atoms with Gasteiger partial charge < -0.3 is 0 Å². The van der Waals surface area contributed by atoms with Gasteiger partial charge in [-0.3, -0.25) is 0 Å². The molecule has 0 aromatic heterocycles. The lowest BCUT2D eigenvalue weighted by Crippen LogP contribution is -1.92. The van der Waals surface area contributed by atoms with E-state index in [0.29, 0.717) is 0 Å². The van der Waals surface area contributed by atoms with Crippen LogP contribution in [0.15, 0.2) is 5.57 Å². The van der Waals surface area contributed by atoms with E-state index in [9.17, 15) is 0 Å². The van der Waals surface area contributed by atoms with E-state index in [2.05, 4.69) is 19.4 Å². The molecule has 0 saturated heterocycles. The third kappa shape index (κ3) is 1.05. The molecule has 0 aromatic carbocycles. The van der Waals surface area contributed by atoms with Crippen molar-refractivity contribution in [2.45, 2.75) is 26.2 Å². The van der Waals surface area contributed by atoms with Gasteiger partial charge in [0.15, 0.2) is 0 Å². The minimum absolute atomic E-state index is 1.17. The summed E-state index contributed by atoms with van der Waals surface area (Å²) in [5.74, 6) is 0. The summed E-state index contributed by atoms with van der Waals surface area (Å²) in [6, 6.07) is 0. The van der Waals surface area contributed by atoms with Crippen LogP contribution in [0.25, 0.3) is 0 Å². The largest absolute Gasteiger partial charge is 0.0661 e. The minimum atomic E-state index is 1.17. The van der Waals surface area contributed by atoms with Gasteiger partial charge in [-0.05, 0) is 31.8 Å². The van der Waals surface area contributed by atoms with Crippen molar-refractivity contribution in [2.24, 2.45) is 0 Å². The lowest BCUT2D eigenvalue weighted by Gasteiger charge is -2.10. The summed E-state index contributed by atoms with van der Waals surface area (Å²) in [6.07, 6.45) is 9.07. The Morgan fingerprint density at radius 3 is 2.71 bits per heavy atom. The van der Waals surface area contributed by atoms with Crippen LogP contribution in [0.1, 0.15) is 26.2 Å². The van der Waals surface area contributed by atoms with Crippen LogP contribution in [0.4, 0.5) is 0 Å². The molecule has 0 heteroatoms. The van der Waals surface area contributed by atoms with Crippen molar-refractivity contribution in [3.8, 4) is 0 Å². The van der Waals surface area contributed by atoms with Crippen LogP contribution in [0, 0.1) is 12.5 Å². The summed E-state index contributed by atoms with van der Waals surface area (Å²) >= 11 is 0. The van der Waals surface area contributed by atoms with E-state index in [0.717, 1.165) is 0 Å². The average molecular weight is 94.2 g/mol. The minimum Gasteiger partial charge on any atom is -0.0661 e. The van der Waals surface area contributed by atoms with Crippen LogP contribution in [0.3, 0.4) is 0 Å². The van der Waals surface area contributed by atoms with Crippen LogP contribution < -0.4 is 0 Å². The molecule has 2 radical (unpaired) electrons. The fourth-order valence-electron chi connectivity index (χ4n) is 0.722. The maximum absolute atomic E-state index is 3.23. The molecule has 0 atom stereocenters. The lowest BCUT2D eigenvalue weighted by atomic mass is 9.95. The summed E-state index contributed by atoms with van der Waals surface area (Å²) < 4.78 is 0. The van der Waals surface area contributed by atoms with E-state index in [1.807, 2.05) is 0 Å². The molecule has 1 aliphatic rings. The van der Waals surface area contributed by atoms with Gasteiger partial charge in [0.2, 0.25) is 0 Å². The Balaban J connectivity index is 2.15. The molecule has 0 nitrogen and oxygen atoms in total. The number of hydrogen-bond donors (Lipinski definition) is 0. The zero-order valence-electron chi connectivity index (χ0n) is 4.70. The highest BCUT2D eigenvalue weighted by Gasteiger charge is 2.02. The lowest BCUT2D eigenvalue weighted by molar-refractivity contribution is 0.797. The third-order valence-electron chi connectivity index (χ3n) is 1.25. The fraction of sp³-hybridized carbons (Fsp3) is 0.571. The highest BCUT2D eigenvalue weighted by atomic mass is 14.1. The summed E-state index contributed by atoms with van der Waals surface area (Å²) in [5, 5.41) is 0. The summed E-state index contributed by atoms with van der Waals surface area (Å²) in [4.78, 5) is 0. The van der Waals surface area contributed by atoms with Crippen molar-refractivity contribution in [3.63, 3.8) is 0 Å². The van der Waals surface area contributed by atoms with Crippen molar-refractivity contribution < 1.29 is 0 Å². The van der Waals surface area contributed by atoms with Gasteiger partial charge in [0.05, 0.1) is 0 Å². The van der Waals surface area contributed by atoms with Gasteiger partial charge in [0, 0.05) is 0 Å².